The predicted octanol–water partition coefficient (Wildman–Crippen LogP) is 5.88. The van der Waals surface area contributed by atoms with Gasteiger partial charge in [0, 0.05) is 41.0 Å². The van der Waals surface area contributed by atoms with Crippen LogP contribution in [0.15, 0.2) is 41.4 Å². The summed E-state index contributed by atoms with van der Waals surface area (Å²) >= 11 is 1.87. The number of rotatable bonds is 5. The first kappa shape index (κ1) is 19.7. The number of aromatic nitrogens is 2. The van der Waals surface area contributed by atoms with Crippen LogP contribution >= 0.6 is 11.8 Å². The maximum Gasteiger partial charge on any atom is 0.326 e. The van der Waals surface area contributed by atoms with Crippen LogP contribution in [0.1, 0.15) is 44.2 Å². The fourth-order valence-electron chi connectivity index (χ4n) is 4.09. The second kappa shape index (κ2) is 7.45. The van der Waals surface area contributed by atoms with Crippen molar-refractivity contribution in [3.05, 3.63) is 42.2 Å². The van der Waals surface area contributed by atoms with Gasteiger partial charge in [-0.25, -0.2) is 13.8 Å². The zero-order valence-corrected chi connectivity index (χ0v) is 17.6. The van der Waals surface area contributed by atoms with Crippen molar-refractivity contribution in [2.75, 3.05) is 0 Å². The molecule has 0 radical (unpaired) electrons. The molecule has 2 N–H and O–H groups in total. The van der Waals surface area contributed by atoms with E-state index in [2.05, 4.69) is 17.1 Å². The summed E-state index contributed by atoms with van der Waals surface area (Å²) in [6.45, 7) is 1.84. The number of aromatic amines is 1. The molecule has 30 heavy (non-hydrogen) atoms. The molecule has 1 aromatic carbocycles. The van der Waals surface area contributed by atoms with Crippen LogP contribution in [0.2, 0.25) is 0 Å². The van der Waals surface area contributed by atoms with E-state index in [0.717, 1.165) is 21.2 Å². The lowest BCUT2D eigenvalue weighted by molar-refractivity contribution is -0.889. The van der Waals surface area contributed by atoms with Gasteiger partial charge in [-0.15, -0.1) is 11.8 Å². The summed E-state index contributed by atoms with van der Waals surface area (Å²) in [6, 6.07) is 10.1. The van der Waals surface area contributed by atoms with E-state index in [9.17, 15) is 14.0 Å². The molecule has 2 aromatic heterocycles. The zero-order valence-electron chi connectivity index (χ0n) is 16.8. The van der Waals surface area contributed by atoms with Gasteiger partial charge in [0.25, 0.3) is 0 Å². The first-order chi connectivity index (χ1) is 14.4. The van der Waals surface area contributed by atoms with E-state index in [1.807, 2.05) is 36.9 Å². The van der Waals surface area contributed by atoms with Crippen molar-refractivity contribution < 1.29 is 23.5 Å². The predicted molar refractivity (Wildman–Crippen MR) is 113 cm³/mol. The molecule has 0 aliphatic heterocycles. The summed E-state index contributed by atoms with van der Waals surface area (Å²) in [6.07, 6.45) is 4.53. The number of thioether (sulfide) groups is 1. The Bertz CT molecular complexity index is 1080. The molecule has 7 heteroatoms. The smallest absolute Gasteiger partial charge is 0.326 e. The second-order valence-corrected chi connectivity index (χ2v) is 9.77. The summed E-state index contributed by atoms with van der Waals surface area (Å²) in [5.41, 5.74) is 3.21. The minimum Gasteiger partial charge on any atom is -0.490 e. The molecule has 2 aliphatic rings. The highest BCUT2D eigenvalue weighted by Gasteiger charge is 2.36. The number of hydrogen-bond acceptors (Lipinski definition) is 3. The normalized spacial score (nSPS) is 19.3. The molecule has 0 unspecified atom stereocenters. The first-order valence-electron chi connectivity index (χ1n) is 10.5. The van der Waals surface area contributed by atoms with E-state index in [-0.39, 0.29) is 18.9 Å². The number of aryl methyl sites for hydroxylation is 1. The number of benzene rings is 1. The van der Waals surface area contributed by atoms with Gasteiger partial charge < -0.3 is 9.94 Å². The van der Waals surface area contributed by atoms with E-state index in [1.165, 1.54) is 17.7 Å². The second-order valence-electron chi connectivity index (χ2n) is 8.40. The van der Waals surface area contributed by atoms with Crippen LogP contribution in [-0.2, 0) is 0 Å². The quantitative estimate of drug-likeness (QED) is 0.392. The largest absolute Gasteiger partial charge is 0.490 e. The molecule has 2 saturated carbocycles. The fraction of sp³-hybridized carbons (Fsp3) is 0.435. The molecule has 2 fully saturated rings. The molecule has 4 nitrogen and oxygen atoms in total. The van der Waals surface area contributed by atoms with Crippen LogP contribution < -0.4 is 9.47 Å². The SMILES string of the molecule is Cc1cc(-c2cc(SC3CC3)ccc2OC2CCC(F)(F)CC2)c2cc[nH]c2[n+]1O. The van der Waals surface area contributed by atoms with Gasteiger partial charge in [-0.2, -0.15) is 0 Å². The van der Waals surface area contributed by atoms with Gasteiger partial charge >= 0.3 is 5.65 Å². The van der Waals surface area contributed by atoms with Crippen molar-refractivity contribution in [2.45, 2.75) is 67.6 Å². The molecule has 0 saturated heterocycles. The lowest BCUT2D eigenvalue weighted by atomic mass is 9.94. The highest BCUT2D eigenvalue weighted by atomic mass is 32.2. The van der Waals surface area contributed by atoms with E-state index < -0.39 is 5.92 Å². The molecule has 0 bridgehead atoms. The number of halogens is 2. The average Bonchev–Trinajstić information content (AvgIpc) is 3.39. The van der Waals surface area contributed by atoms with Crippen LogP contribution in [-0.4, -0.2) is 27.5 Å². The molecular formula is C23H25F2N2O2S+. The topological polar surface area (TPSA) is 49.1 Å². The number of alkyl halides is 2. The van der Waals surface area contributed by atoms with Gasteiger partial charge in [0.05, 0.1) is 17.7 Å². The Kier molecular flexibility index (Phi) is 4.88. The third-order valence-electron chi connectivity index (χ3n) is 5.94. The molecule has 0 spiro atoms. The number of ether oxygens (including phenoxy) is 1. The van der Waals surface area contributed by atoms with Gasteiger partial charge in [0.2, 0.25) is 5.92 Å². The van der Waals surface area contributed by atoms with Crippen LogP contribution in [0.25, 0.3) is 22.2 Å². The van der Waals surface area contributed by atoms with E-state index in [1.54, 1.807) is 6.20 Å². The van der Waals surface area contributed by atoms with Crippen molar-refractivity contribution in [3.8, 4) is 16.9 Å². The standard InChI is InChI=1S/C23H24F2N2O2S/c1-14-12-19(18-8-11-26-22(18)27(14)28)20-13-17(30-16-2-3-16)4-5-21(20)29-15-6-9-23(24,25)10-7-15/h4-5,8,11-13,15-16,28H,2-3,6-7,9-10H2,1H3/p+1. The van der Waals surface area contributed by atoms with E-state index in [4.69, 9.17) is 4.74 Å². The average molecular weight is 432 g/mol. The van der Waals surface area contributed by atoms with Crippen molar-refractivity contribution in [1.29, 1.82) is 0 Å². The molecule has 5 rings (SSSR count). The third-order valence-corrected chi connectivity index (χ3v) is 7.27. The number of hydrogen-bond donors (Lipinski definition) is 2. The summed E-state index contributed by atoms with van der Waals surface area (Å²) in [5, 5.41) is 11.9. The molecule has 3 aromatic rings. The lowest BCUT2D eigenvalue weighted by Crippen LogP contribution is -2.34. The Labute approximate surface area is 178 Å². The first-order valence-corrected chi connectivity index (χ1v) is 11.4. The molecular weight excluding hydrogens is 406 g/mol. The zero-order chi connectivity index (χ0) is 20.9. The highest BCUT2D eigenvalue weighted by Crippen LogP contribution is 2.44. The minimum atomic E-state index is -2.57. The Morgan fingerprint density at radius 1 is 1.10 bits per heavy atom. The van der Waals surface area contributed by atoms with Crippen LogP contribution in [0.3, 0.4) is 0 Å². The monoisotopic (exact) mass is 431 g/mol. The van der Waals surface area contributed by atoms with Crippen LogP contribution in [0.4, 0.5) is 8.78 Å². The van der Waals surface area contributed by atoms with Gasteiger partial charge in [-0.05, 0) is 60.7 Å². The van der Waals surface area contributed by atoms with Gasteiger partial charge in [-0.3, -0.25) is 0 Å². The van der Waals surface area contributed by atoms with E-state index >= 15 is 0 Å². The summed E-state index contributed by atoms with van der Waals surface area (Å²) in [5.74, 6) is -1.86. The fourth-order valence-corrected chi connectivity index (χ4v) is 5.17. The van der Waals surface area contributed by atoms with Crippen molar-refractivity contribution in [2.24, 2.45) is 0 Å². The number of nitrogens with zero attached hydrogens (tertiary/aromatic N) is 1. The van der Waals surface area contributed by atoms with Crippen LogP contribution in [0, 0.1) is 6.92 Å². The van der Waals surface area contributed by atoms with Crippen molar-refractivity contribution in [1.82, 2.24) is 4.98 Å². The van der Waals surface area contributed by atoms with Crippen molar-refractivity contribution in [3.63, 3.8) is 0 Å². The summed E-state index contributed by atoms with van der Waals surface area (Å²) in [7, 11) is 0. The van der Waals surface area contributed by atoms with Crippen molar-refractivity contribution >= 4 is 22.8 Å². The molecule has 0 amide bonds. The number of nitrogens with one attached hydrogen (secondary N) is 1. The van der Waals surface area contributed by atoms with Gasteiger partial charge in [0.15, 0.2) is 0 Å². The third kappa shape index (κ3) is 3.87. The Balaban J connectivity index is 1.55. The summed E-state index contributed by atoms with van der Waals surface area (Å²) < 4.78 is 34.6. The molecule has 158 valence electrons. The highest BCUT2D eigenvalue weighted by molar-refractivity contribution is 8.00. The maximum absolute atomic E-state index is 13.6. The minimum absolute atomic E-state index is 0.125. The van der Waals surface area contributed by atoms with E-state index in [0.29, 0.717) is 35.2 Å². The number of H-pyrrole nitrogens is 1. The van der Waals surface area contributed by atoms with Crippen LogP contribution in [0.5, 0.6) is 5.75 Å². The molecule has 2 aliphatic carbocycles. The maximum atomic E-state index is 13.6. The Morgan fingerprint density at radius 2 is 1.87 bits per heavy atom. The molecule has 0 atom stereocenters. The Hall–Kier alpha value is -2.28. The lowest BCUT2D eigenvalue weighted by Gasteiger charge is -2.29. The van der Waals surface area contributed by atoms with Gasteiger partial charge in [-0.1, -0.05) is 0 Å². The Morgan fingerprint density at radius 3 is 2.60 bits per heavy atom. The molecule has 2 heterocycles. The number of pyridine rings is 1. The number of fused-ring (bicyclic) bond motifs is 1. The van der Waals surface area contributed by atoms with Gasteiger partial charge in [0.1, 0.15) is 11.4 Å². The summed E-state index contributed by atoms with van der Waals surface area (Å²) in [4.78, 5) is 4.27.